The highest BCUT2D eigenvalue weighted by atomic mass is 16.5. The van der Waals surface area contributed by atoms with Crippen LogP contribution >= 0.6 is 0 Å². The van der Waals surface area contributed by atoms with Crippen LogP contribution in [-0.2, 0) is 4.74 Å². The molecule has 1 saturated heterocycles. The van der Waals surface area contributed by atoms with Gasteiger partial charge >= 0.3 is 5.97 Å². The maximum Gasteiger partial charge on any atom is 0.343 e. The number of nitrogens with one attached hydrogen (secondary N) is 1. The Morgan fingerprint density at radius 1 is 1.43 bits per heavy atom. The second-order valence-corrected chi connectivity index (χ2v) is 9.36. The van der Waals surface area contributed by atoms with Crippen LogP contribution in [0.25, 0.3) is 5.65 Å². The summed E-state index contributed by atoms with van der Waals surface area (Å²) in [6, 6.07) is 2.11. The van der Waals surface area contributed by atoms with Gasteiger partial charge in [0, 0.05) is 36.5 Å². The van der Waals surface area contributed by atoms with Crippen LogP contribution in [-0.4, -0.2) is 64.6 Å². The number of piperidine rings is 1. The van der Waals surface area contributed by atoms with Crippen LogP contribution in [0.4, 0.5) is 5.82 Å². The van der Waals surface area contributed by atoms with E-state index in [0.717, 1.165) is 30.8 Å². The van der Waals surface area contributed by atoms with Gasteiger partial charge in [0.05, 0.1) is 6.61 Å². The molecule has 0 amide bonds. The molecule has 7 nitrogen and oxygen atoms in total. The molecule has 2 aromatic heterocycles. The zero-order valence-electron chi connectivity index (χ0n) is 18.2. The third-order valence-electron chi connectivity index (χ3n) is 5.59. The Balaban J connectivity index is 1.97. The van der Waals surface area contributed by atoms with Gasteiger partial charge in [-0.15, -0.1) is 0 Å². The minimum atomic E-state index is -0.377. The number of likely N-dealkylation sites (tertiary alicyclic amines) is 1. The number of carbonyl (C=O) groups excluding carboxylic acids is 1. The van der Waals surface area contributed by atoms with Crippen molar-refractivity contribution in [2.24, 2.45) is 5.41 Å². The van der Waals surface area contributed by atoms with Gasteiger partial charge in [-0.2, -0.15) is 9.61 Å². The monoisotopic (exact) mass is 385 g/mol. The summed E-state index contributed by atoms with van der Waals surface area (Å²) in [6.07, 6.45) is 2.57. The van der Waals surface area contributed by atoms with E-state index >= 15 is 0 Å². The van der Waals surface area contributed by atoms with E-state index in [0.29, 0.717) is 18.0 Å². The summed E-state index contributed by atoms with van der Waals surface area (Å²) in [5, 5.41) is 8.20. The van der Waals surface area contributed by atoms with Crippen LogP contribution in [0, 0.1) is 5.41 Å². The van der Waals surface area contributed by atoms with Gasteiger partial charge in [0.2, 0.25) is 0 Å². The van der Waals surface area contributed by atoms with Crippen molar-refractivity contribution in [1.29, 1.82) is 0 Å². The minimum Gasteiger partial charge on any atom is -0.462 e. The molecule has 8 heteroatoms. The second kappa shape index (κ2) is 7.39. The number of esters is 1. The third kappa shape index (κ3) is 4.02. The zero-order chi connectivity index (χ0) is 20.7. The molecule has 152 valence electrons. The Bertz CT molecular complexity index is 871. The van der Waals surface area contributed by atoms with Gasteiger partial charge in [0.1, 0.15) is 11.4 Å². The molecule has 1 N–H and O–H groups in total. The van der Waals surface area contributed by atoms with E-state index in [4.69, 9.17) is 4.74 Å². The van der Waals surface area contributed by atoms with Gasteiger partial charge in [-0.3, -0.25) is 4.90 Å². The quantitative estimate of drug-likeness (QED) is 0.635. The highest BCUT2D eigenvalue weighted by Crippen LogP contribution is 2.35. The van der Waals surface area contributed by atoms with Crippen LogP contribution in [0.15, 0.2) is 12.3 Å². The van der Waals surface area contributed by atoms with Crippen LogP contribution in [0.5, 0.6) is 0 Å². The molecule has 0 aliphatic carbocycles. The number of aromatic nitrogens is 3. The fraction of sp³-hybridized carbons (Fsp3) is 0.650. The van der Waals surface area contributed by atoms with Crippen molar-refractivity contribution in [3.05, 3.63) is 17.8 Å². The molecule has 1 fully saturated rings. The zero-order valence-corrected chi connectivity index (χ0v) is 18.2. The number of hydrogen-bond acceptors (Lipinski definition) is 6. The Morgan fingerprint density at radius 2 is 2.14 bits per heavy atom. The summed E-state index contributed by atoms with van der Waals surface area (Å²) in [4.78, 5) is 19.5. The Hall–Kier alpha value is -2.09. The van der Waals surface area contributed by atoms with E-state index in [1.807, 2.05) is 13.9 Å². The van der Waals surface area contributed by atoms with Gasteiger partial charge in [-0.1, -0.05) is 13.8 Å². The largest absolute Gasteiger partial charge is 0.462 e. The SMILES string of the molecule is Bc1cc2ncc(C(=O)OCC)c(NC3CCN(C(C)(C)C)CC3(C)C)n2n1. The summed E-state index contributed by atoms with van der Waals surface area (Å²) in [7, 11) is 1.92. The van der Waals surface area contributed by atoms with Crippen molar-refractivity contribution in [2.75, 3.05) is 25.0 Å². The first-order chi connectivity index (χ1) is 13.0. The number of hydrogen-bond donors (Lipinski definition) is 1. The molecule has 3 heterocycles. The maximum absolute atomic E-state index is 12.6. The highest BCUT2D eigenvalue weighted by Gasteiger charge is 2.40. The van der Waals surface area contributed by atoms with E-state index in [9.17, 15) is 4.79 Å². The van der Waals surface area contributed by atoms with Crippen LogP contribution in [0.1, 0.15) is 58.3 Å². The van der Waals surface area contributed by atoms with E-state index < -0.39 is 0 Å². The number of carbonyl (C=O) groups is 1. The fourth-order valence-corrected chi connectivity index (χ4v) is 3.91. The summed E-state index contributed by atoms with van der Waals surface area (Å²) in [5.41, 5.74) is 2.17. The number of fused-ring (bicyclic) bond motifs is 1. The van der Waals surface area contributed by atoms with Gasteiger partial charge in [-0.05, 0) is 45.6 Å². The topological polar surface area (TPSA) is 71.8 Å². The van der Waals surface area contributed by atoms with Crippen molar-refractivity contribution in [3.8, 4) is 0 Å². The molecule has 2 aromatic rings. The molecule has 0 bridgehead atoms. The molecular weight excluding hydrogens is 353 g/mol. The summed E-state index contributed by atoms with van der Waals surface area (Å²) in [6.45, 7) is 15.4. The number of ether oxygens (including phenoxy) is 1. The smallest absolute Gasteiger partial charge is 0.343 e. The lowest BCUT2D eigenvalue weighted by Gasteiger charge is -2.49. The number of rotatable bonds is 4. The number of nitrogens with zero attached hydrogens (tertiary/aromatic N) is 4. The standard InChI is InChI=1S/C20H32BN5O2/c1-7-28-18(27)13-11-22-16-10-15(21)24-26(16)17(13)23-14-8-9-25(19(2,3)4)12-20(14,5)6/h10-11,14,23H,7-9,12,21H2,1-6H3. The third-order valence-corrected chi connectivity index (χ3v) is 5.59. The first-order valence-corrected chi connectivity index (χ1v) is 10.1. The van der Waals surface area contributed by atoms with Crippen molar-refractivity contribution < 1.29 is 9.53 Å². The van der Waals surface area contributed by atoms with Crippen molar-refractivity contribution in [1.82, 2.24) is 19.5 Å². The lowest BCUT2D eigenvalue weighted by atomic mass is 9.77. The van der Waals surface area contributed by atoms with Crippen molar-refractivity contribution >= 4 is 30.9 Å². The molecule has 3 rings (SSSR count). The molecule has 28 heavy (non-hydrogen) atoms. The Labute approximate surface area is 168 Å². The Kier molecular flexibility index (Phi) is 5.45. The van der Waals surface area contributed by atoms with E-state index in [1.165, 1.54) is 0 Å². The highest BCUT2D eigenvalue weighted by molar-refractivity contribution is 6.31. The molecular formula is C20H32BN5O2. The summed E-state index contributed by atoms with van der Waals surface area (Å²) < 4.78 is 6.99. The summed E-state index contributed by atoms with van der Waals surface area (Å²) >= 11 is 0. The van der Waals surface area contributed by atoms with Gasteiger partial charge in [-0.25, -0.2) is 9.78 Å². The average molecular weight is 385 g/mol. The molecule has 1 atom stereocenters. The second-order valence-electron chi connectivity index (χ2n) is 9.36. The van der Waals surface area contributed by atoms with E-state index in [-0.39, 0.29) is 23.0 Å². The van der Waals surface area contributed by atoms with E-state index in [2.05, 4.69) is 54.9 Å². The van der Waals surface area contributed by atoms with Crippen LogP contribution < -0.4 is 10.9 Å². The van der Waals surface area contributed by atoms with Gasteiger partial charge in [0.25, 0.3) is 0 Å². The lowest BCUT2D eigenvalue weighted by molar-refractivity contribution is 0.0349. The molecule has 1 aliphatic rings. The predicted molar refractivity (Wildman–Crippen MR) is 114 cm³/mol. The maximum atomic E-state index is 12.6. The van der Waals surface area contributed by atoms with Gasteiger partial charge < -0.3 is 10.1 Å². The first-order valence-electron chi connectivity index (χ1n) is 10.1. The van der Waals surface area contributed by atoms with Crippen LogP contribution in [0.2, 0.25) is 0 Å². The Morgan fingerprint density at radius 3 is 2.75 bits per heavy atom. The fourth-order valence-electron chi connectivity index (χ4n) is 3.91. The molecule has 0 radical (unpaired) electrons. The minimum absolute atomic E-state index is 0.0231. The normalized spacial score (nSPS) is 20.3. The van der Waals surface area contributed by atoms with Crippen LogP contribution in [0.3, 0.4) is 0 Å². The van der Waals surface area contributed by atoms with Gasteiger partial charge in [0.15, 0.2) is 13.5 Å². The summed E-state index contributed by atoms with van der Waals surface area (Å²) in [5.74, 6) is 0.288. The van der Waals surface area contributed by atoms with Crippen molar-refractivity contribution in [3.63, 3.8) is 0 Å². The predicted octanol–water partition coefficient (Wildman–Crippen LogP) is 1.48. The molecule has 1 unspecified atom stereocenters. The number of anilines is 1. The van der Waals surface area contributed by atoms with Crippen molar-refractivity contribution in [2.45, 2.75) is 59.5 Å². The van der Waals surface area contributed by atoms with E-state index in [1.54, 1.807) is 17.6 Å². The lowest BCUT2D eigenvalue weighted by Crippen LogP contribution is -2.57. The molecule has 1 aliphatic heterocycles. The molecule has 0 spiro atoms. The molecule has 0 aromatic carbocycles. The first kappa shape index (κ1) is 20.6. The molecule has 0 saturated carbocycles. The average Bonchev–Trinajstić information content (AvgIpc) is 2.96.